The molecule has 1 unspecified atom stereocenters. The number of rotatable bonds is 5. The normalized spacial score (nSPS) is 18.5. The van der Waals surface area contributed by atoms with E-state index in [1.54, 1.807) is 0 Å². The van der Waals surface area contributed by atoms with Gasteiger partial charge in [-0.15, -0.1) is 0 Å². The van der Waals surface area contributed by atoms with Gasteiger partial charge in [0.2, 0.25) is 0 Å². The highest BCUT2D eigenvalue weighted by Gasteiger charge is 2.19. The minimum Gasteiger partial charge on any atom is -0.317 e. The number of benzene rings is 1. The van der Waals surface area contributed by atoms with Gasteiger partial charge in [0.1, 0.15) is 11.6 Å². The van der Waals surface area contributed by atoms with E-state index in [0.29, 0.717) is 12.0 Å². The minimum atomic E-state index is -0.361. The highest BCUT2D eigenvalue weighted by atomic mass is 32.2. The molecule has 2 rings (SSSR count). The molecular weight excluding hydrogens is 264 g/mol. The van der Waals surface area contributed by atoms with Crippen LogP contribution in [-0.4, -0.2) is 24.6 Å². The van der Waals surface area contributed by atoms with E-state index in [1.807, 2.05) is 18.8 Å². The molecule has 1 heterocycles. The lowest BCUT2D eigenvalue weighted by atomic mass is 9.91. The SMILES string of the molecule is CNC(Cc1cc(F)ccc1F)CC1CCSCC1. The summed E-state index contributed by atoms with van der Waals surface area (Å²) in [6, 6.07) is 3.93. The van der Waals surface area contributed by atoms with Crippen molar-refractivity contribution in [3.63, 3.8) is 0 Å². The molecule has 0 bridgehead atoms. The van der Waals surface area contributed by atoms with E-state index >= 15 is 0 Å². The maximum Gasteiger partial charge on any atom is 0.126 e. The van der Waals surface area contributed by atoms with Crippen molar-refractivity contribution in [2.24, 2.45) is 5.92 Å². The summed E-state index contributed by atoms with van der Waals surface area (Å²) < 4.78 is 26.8. The average Bonchev–Trinajstić information content (AvgIpc) is 2.43. The molecule has 1 nitrogen and oxygen atoms in total. The van der Waals surface area contributed by atoms with Crippen molar-refractivity contribution in [1.29, 1.82) is 0 Å². The minimum absolute atomic E-state index is 0.226. The average molecular weight is 285 g/mol. The van der Waals surface area contributed by atoms with Gasteiger partial charge >= 0.3 is 0 Å². The van der Waals surface area contributed by atoms with Gasteiger partial charge < -0.3 is 5.32 Å². The second kappa shape index (κ2) is 7.25. The molecule has 1 atom stereocenters. The highest BCUT2D eigenvalue weighted by Crippen LogP contribution is 2.27. The number of hydrogen-bond donors (Lipinski definition) is 1. The lowest BCUT2D eigenvalue weighted by molar-refractivity contribution is 0.373. The van der Waals surface area contributed by atoms with Gasteiger partial charge in [-0.05, 0) is 73.9 Å². The van der Waals surface area contributed by atoms with Crippen molar-refractivity contribution >= 4 is 11.8 Å². The first-order valence-corrected chi connectivity index (χ1v) is 8.03. The number of likely N-dealkylation sites (N-methyl/N-ethyl adjacent to an activating group) is 1. The predicted molar refractivity (Wildman–Crippen MR) is 77.6 cm³/mol. The van der Waals surface area contributed by atoms with Crippen LogP contribution >= 0.6 is 11.8 Å². The predicted octanol–water partition coefficient (Wildman–Crippen LogP) is 3.63. The molecule has 0 amide bonds. The van der Waals surface area contributed by atoms with Gasteiger partial charge in [-0.2, -0.15) is 11.8 Å². The van der Waals surface area contributed by atoms with Crippen molar-refractivity contribution in [1.82, 2.24) is 5.32 Å². The van der Waals surface area contributed by atoms with E-state index in [9.17, 15) is 8.78 Å². The third-order valence-corrected chi connectivity index (χ3v) is 4.89. The zero-order chi connectivity index (χ0) is 13.7. The van der Waals surface area contributed by atoms with Gasteiger partial charge in [0.25, 0.3) is 0 Å². The maximum atomic E-state index is 13.6. The summed E-state index contributed by atoms with van der Waals surface area (Å²) >= 11 is 2.01. The second-order valence-electron chi connectivity index (χ2n) is 5.22. The molecule has 1 aromatic rings. The molecule has 1 aromatic carbocycles. The molecule has 106 valence electrons. The Morgan fingerprint density at radius 3 is 2.74 bits per heavy atom. The first kappa shape index (κ1) is 14.8. The van der Waals surface area contributed by atoms with Crippen LogP contribution in [0.3, 0.4) is 0 Å². The molecule has 0 radical (unpaired) electrons. The smallest absolute Gasteiger partial charge is 0.126 e. The molecular formula is C15H21F2NS. The Bertz CT molecular complexity index is 405. The molecule has 1 fully saturated rings. The van der Waals surface area contributed by atoms with Gasteiger partial charge in [0.05, 0.1) is 0 Å². The lowest BCUT2D eigenvalue weighted by Gasteiger charge is -2.26. The molecule has 1 aliphatic rings. The zero-order valence-electron chi connectivity index (χ0n) is 11.3. The monoisotopic (exact) mass is 285 g/mol. The summed E-state index contributed by atoms with van der Waals surface area (Å²) in [6.07, 6.45) is 4.10. The van der Waals surface area contributed by atoms with Gasteiger partial charge in [0.15, 0.2) is 0 Å². The standard InChI is InChI=1S/C15H21F2NS/c1-18-14(8-11-4-6-19-7-5-11)10-12-9-13(16)2-3-15(12)17/h2-3,9,11,14,18H,4-8,10H2,1H3. The second-order valence-corrected chi connectivity index (χ2v) is 6.44. The van der Waals surface area contributed by atoms with Crippen LogP contribution in [0.5, 0.6) is 0 Å². The molecule has 0 aliphatic carbocycles. The molecule has 1 saturated heterocycles. The van der Waals surface area contributed by atoms with Crippen LogP contribution in [0.2, 0.25) is 0 Å². The fourth-order valence-corrected chi connectivity index (χ4v) is 3.86. The first-order chi connectivity index (χ1) is 9.19. The van der Waals surface area contributed by atoms with Gasteiger partial charge in [0, 0.05) is 6.04 Å². The molecule has 0 aromatic heterocycles. The van der Waals surface area contributed by atoms with Crippen LogP contribution in [0.4, 0.5) is 8.78 Å². The number of halogens is 2. The number of thioether (sulfide) groups is 1. The van der Waals surface area contributed by atoms with Crippen LogP contribution in [0.1, 0.15) is 24.8 Å². The fourth-order valence-electron chi connectivity index (χ4n) is 2.65. The van der Waals surface area contributed by atoms with Crippen molar-refractivity contribution in [3.8, 4) is 0 Å². The highest BCUT2D eigenvalue weighted by molar-refractivity contribution is 7.99. The number of nitrogens with one attached hydrogen (secondary N) is 1. The maximum absolute atomic E-state index is 13.6. The molecule has 19 heavy (non-hydrogen) atoms. The van der Waals surface area contributed by atoms with Crippen molar-refractivity contribution in [3.05, 3.63) is 35.4 Å². The summed E-state index contributed by atoms with van der Waals surface area (Å²) in [5.41, 5.74) is 0.476. The Morgan fingerprint density at radius 2 is 2.05 bits per heavy atom. The van der Waals surface area contributed by atoms with Crippen LogP contribution in [-0.2, 0) is 6.42 Å². The Labute approximate surface area is 118 Å². The molecule has 1 aliphatic heterocycles. The quantitative estimate of drug-likeness (QED) is 0.886. The summed E-state index contributed by atoms with van der Waals surface area (Å²) in [5.74, 6) is 2.52. The first-order valence-electron chi connectivity index (χ1n) is 6.88. The Hall–Kier alpha value is -0.610. The Morgan fingerprint density at radius 1 is 1.32 bits per heavy atom. The van der Waals surface area contributed by atoms with E-state index < -0.39 is 0 Å². The van der Waals surface area contributed by atoms with E-state index in [-0.39, 0.29) is 17.7 Å². The van der Waals surface area contributed by atoms with E-state index in [2.05, 4.69) is 5.32 Å². The molecule has 4 heteroatoms. The van der Waals surface area contributed by atoms with Crippen molar-refractivity contribution < 1.29 is 8.78 Å². The van der Waals surface area contributed by atoms with Crippen LogP contribution in [0.25, 0.3) is 0 Å². The van der Waals surface area contributed by atoms with E-state index in [1.165, 1.54) is 42.5 Å². The number of hydrogen-bond acceptors (Lipinski definition) is 2. The molecule has 0 spiro atoms. The van der Waals surface area contributed by atoms with Crippen LogP contribution in [0.15, 0.2) is 18.2 Å². The summed E-state index contributed by atoms with van der Waals surface area (Å²) in [7, 11) is 1.90. The third-order valence-electron chi connectivity index (χ3n) is 3.84. The van der Waals surface area contributed by atoms with Crippen molar-refractivity contribution in [2.75, 3.05) is 18.6 Å². The summed E-state index contributed by atoms with van der Waals surface area (Å²) in [5, 5.41) is 3.25. The van der Waals surface area contributed by atoms with Gasteiger partial charge in [-0.3, -0.25) is 0 Å². The third kappa shape index (κ3) is 4.46. The fraction of sp³-hybridized carbons (Fsp3) is 0.600. The molecule has 0 saturated carbocycles. The van der Waals surface area contributed by atoms with Gasteiger partial charge in [-0.1, -0.05) is 0 Å². The topological polar surface area (TPSA) is 12.0 Å². The summed E-state index contributed by atoms with van der Waals surface area (Å²) in [4.78, 5) is 0. The zero-order valence-corrected chi connectivity index (χ0v) is 12.1. The van der Waals surface area contributed by atoms with Crippen LogP contribution < -0.4 is 5.32 Å². The largest absolute Gasteiger partial charge is 0.317 e. The molecule has 1 N–H and O–H groups in total. The van der Waals surface area contributed by atoms with Crippen molar-refractivity contribution in [2.45, 2.75) is 31.7 Å². The Kier molecular flexibility index (Phi) is 5.64. The van der Waals surface area contributed by atoms with Gasteiger partial charge in [-0.25, -0.2) is 8.78 Å². The van der Waals surface area contributed by atoms with Crippen LogP contribution in [0, 0.1) is 17.6 Å². The lowest BCUT2D eigenvalue weighted by Crippen LogP contribution is -2.31. The van der Waals surface area contributed by atoms with E-state index in [0.717, 1.165) is 12.3 Å². The Balaban J connectivity index is 1.95. The summed E-state index contributed by atoms with van der Waals surface area (Å²) in [6.45, 7) is 0. The van der Waals surface area contributed by atoms with E-state index in [4.69, 9.17) is 0 Å².